The number of ether oxygens (including phenoxy) is 2. The zero-order valence-corrected chi connectivity index (χ0v) is 12.0. The van der Waals surface area contributed by atoms with Crippen LogP contribution in [0.4, 0.5) is 0 Å². The highest BCUT2D eigenvalue weighted by atomic mass is 16.5. The number of aromatic nitrogens is 2. The summed E-state index contributed by atoms with van der Waals surface area (Å²) < 4.78 is 11.4. The Hall–Kier alpha value is -1.75. The van der Waals surface area contributed by atoms with Crippen molar-refractivity contribution in [2.75, 3.05) is 13.2 Å². The van der Waals surface area contributed by atoms with Crippen molar-refractivity contribution in [3.63, 3.8) is 0 Å². The molecule has 0 amide bonds. The number of benzene rings is 1. The smallest absolute Gasteiger partial charge is 0.163 e. The average molecular weight is 275 g/mol. The fourth-order valence-corrected chi connectivity index (χ4v) is 2.37. The van der Waals surface area contributed by atoms with Crippen molar-refractivity contribution >= 4 is 11.0 Å². The van der Waals surface area contributed by atoms with Crippen molar-refractivity contribution in [3.05, 3.63) is 18.0 Å². The van der Waals surface area contributed by atoms with Gasteiger partial charge in [-0.2, -0.15) is 0 Å². The number of nitrogens with zero attached hydrogens (tertiary/aromatic N) is 1. The molecule has 1 aliphatic heterocycles. The number of fused-ring (bicyclic) bond motifs is 2. The topological polar surface area (TPSA) is 73.2 Å². The summed E-state index contributed by atoms with van der Waals surface area (Å²) in [7, 11) is 0. The van der Waals surface area contributed by atoms with Crippen molar-refractivity contribution < 1.29 is 9.47 Å². The molecule has 0 radical (unpaired) electrons. The van der Waals surface area contributed by atoms with Crippen LogP contribution in [0.25, 0.3) is 11.0 Å². The standard InChI is InChI=1S/C15H21N3O2/c1-3-9(2)14(16)15-17-10-7-12-13(8-11(10)18-15)20-6-4-5-19-12/h7-9,14H,3-6,16H2,1-2H3,(H,17,18). The molecule has 0 saturated heterocycles. The lowest BCUT2D eigenvalue weighted by Crippen LogP contribution is -2.19. The summed E-state index contributed by atoms with van der Waals surface area (Å²) in [6.07, 6.45) is 1.93. The highest BCUT2D eigenvalue weighted by Gasteiger charge is 2.19. The van der Waals surface area contributed by atoms with E-state index in [2.05, 4.69) is 23.8 Å². The minimum atomic E-state index is -0.0750. The second-order valence-electron chi connectivity index (χ2n) is 5.40. The normalized spacial score (nSPS) is 17.8. The van der Waals surface area contributed by atoms with Crippen molar-refractivity contribution in [2.24, 2.45) is 11.7 Å². The molecule has 20 heavy (non-hydrogen) atoms. The maximum atomic E-state index is 6.24. The summed E-state index contributed by atoms with van der Waals surface area (Å²) in [5.41, 5.74) is 8.06. The Morgan fingerprint density at radius 2 is 2.00 bits per heavy atom. The van der Waals surface area contributed by atoms with Gasteiger partial charge in [-0.05, 0) is 5.92 Å². The number of hydrogen-bond acceptors (Lipinski definition) is 4. The molecule has 5 heteroatoms. The Bertz CT molecular complexity index is 565. The summed E-state index contributed by atoms with van der Waals surface area (Å²) in [6.45, 7) is 5.64. The molecule has 2 aromatic rings. The van der Waals surface area contributed by atoms with Crippen molar-refractivity contribution in [3.8, 4) is 11.5 Å². The van der Waals surface area contributed by atoms with Crippen molar-refractivity contribution in [2.45, 2.75) is 32.7 Å². The summed E-state index contributed by atoms with van der Waals surface area (Å²) in [6, 6.07) is 3.81. The highest BCUT2D eigenvalue weighted by molar-refractivity contribution is 5.80. The van der Waals surface area contributed by atoms with E-state index in [-0.39, 0.29) is 6.04 Å². The lowest BCUT2D eigenvalue weighted by atomic mass is 10.00. The summed E-state index contributed by atoms with van der Waals surface area (Å²) >= 11 is 0. The number of nitrogens with one attached hydrogen (secondary N) is 1. The van der Waals surface area contributed by atoms with Crippen LogP contribution >= 0.6 is 0 Å². The second-order valence-corrected chi connectivity index (χ2v) is 5.40. The number of imidazole rings is 1. The maximum Gasteiger partial charge on any atom is 0.163 e. The van der Waals surface area contributed by atoms with Gasteiger partial charge in [0.15, 0.2) is 11.5 Å². The molecule has 2 heterocycles. The Morgan fingerprint density at radius 1 is 1.30 bits per heavy atom. The van der Waals surface area contributed by atoms with Crippen LogP contribution in [0.1, 0.15) is 38.6 Å². The molecule has 0 spiro atoms. The molecule has 1 aliphatic rings. The third-order valence-corrected chi connectivity index (χ3v) is 3.94. The van der Waals surface area contributed by atoms with Gasteiger partial charge in [0.05, 0.1) is 30.3 Å². The molecule has 5 nitrogen and oxygen atoms in total. The first-order chi connectivity index (χ1) is 9.69. The Labute approximate surface area is 118 Å². The fraction of sp³-hybridized carbons (Fsp3) is 0.533. The molecule has 3 rings (SSSR count). The van der Waals surface area contributed by atoms with Gasteiger partial charge in [-0.1, -0.05) is 20.3 Å². The van der Waals surface area contributed by atoms with Crippen LogP contribution < -0.4 is 15.2 Å². The van der Waals surface area contributed by atoms with E-state index in [4.69, 9.17) is 15.2 Å². The van der Waals surface area contributed by atoms with Crippen LogP contribution in [0.5, 0.6) is 11.5 Å². The molecule has 3 N–H and O–H groups in total. The summed E-state index contributed by atoms with van der Waals surface area (Å²) in [5, 5.41) is 0. The Morgan fingerprint density at radius 3 is 2.70 bits per heavy atom. The van der Waals surface area contributed by atoms with Gasteiger partial charge in [0.1, 0.15) is 5.82 Å². The van der Waals surface area contributed by atoms with E-state index in [1.807, 2.05) is 12.1 Å². The quantitative estimate of drug-likeness (QED) is 0.903. The zero-order chi connectivity index (χ0) is 14.1. The molecule has 1 aromatic heterocycles. The van der Waals surface area contributed by atoms with E-state index in [0.717, 1.165) is 41.2 Å². The minimum absolute atomic E-state index is 0.0750. The summed E-state index contributed by atoms with van der Waals surface area (Å²) in [5.74, 6) is 2.77. The number of aromatic amines is 1. The Balaban J connectivity index is 1.99. The average Bonchev–Trinajstić information content (AvgIpc) is 2.73. The number of H-pyrrole nitrogens is 1. The fourth-order valence-electron chi connectivity index (χ4n) is 2.37. The van der Waals surface area contributed by atoms with Crippen LogP contribution in [0.2, 0.25) is 0 Å². The molecule has 0 bridgehead atoms. The van der Waals surface area contributed by atoms with Gasteiger partial charge in [0.2, 0.25) is 0 Å². The number of hydrogen-bond donors (Lipinski definition) is 2. The molecule has 0 fully saturated rings. The van der Waals surface area contributed by atoms with E-state index >= 15 is 0 Å². The molecule has 1 aromatic carbocycles. The SMILES string of the molecule is CCC(C)C(N)c1nc2cc3c(cc2[nH]1)OCCCO3. The van der Waals surface area contributed by atoms with E-state index in [1.54, 1.807) is 0 Å². The molecular formula is C15H21N3O2. The van der Waals surface area contributed by atoms with Crippen LogP contribution in [-0.4, -0.2) is 23.2 Å². The maximum absolute atomic E-state index is 6.24. The van der Waals surface area contributed by atoms with Crippen LogP contribution in [-0.2, 0) is 0 Å². The lowest BCUT2D eigenvalue weighted by molar-refractivity contribution is 0.297. The second kappa shape index (κ2) is 5.32. The predicted molar refractivity (Wildman–Crippen MR) is 78.1 cm³/mol. The van der Waals surface area contributed by atoms with Gasteiger partial charge in [-0.3, -0.25) is 0 Å². The van der Waals surface area contributed by atoms with Gasteiger partial charge in [-0.25, -0.2) is 4.98 Å². The highest BCUT2D eigenvalue weighted by Crippen LogP contribution is 2.34. The molecule has 0 saturated carbocycles. The third-order valence-electron chi connectivity index (χ3n) is 3.94. The van der Waals surface area contributed by atoms with E-state index in [0.29, 0.717) is 19.1 Å². The summed E-state index contributed by atoms with van der Waals surface area (Å²) in [4.78, 5) is 7.91. The van der Waals surface area contributed by atoms with E-state index < -0.39 is 0 Å². The predicted octanol–water partition coefficient (Wildman–Crippen LogP) is 2.77. The third kappa shape index (κ3) is 2.33. The minimum Gasteiger partial charge on any atom is -0.489 e. The van der Waals surface area contributed by atoms with E-state index in [1.165, 1.54) is 0 Å². The molecule has 0 aliphatic carbocycles. The van der Waals surface area contributed by atoms with Gasteiger partial charge in [0.25, 0.3) is 0 Å². The molecule has 108 valence electrons. The van der Waals surface area contributed by atoms with Gasteiger partial charge in [-0.15, -0.1) is 0 Å². The monoisotopic (exact) mass is 275 g/mol. The van der Waals surface area contributed by atoms with Crippen molar-refractivity contribution in [1.82, 2.24) is 9.97 Å². The first kappa shape index (κ1) is 13.2. The molecule has 2 unspecified atom stereocenters. The van der Waals surface area contributed by atoms with Crippen molar-refractivity contribution in [1.29, 1.82) is 0 Å². The first-order valence-electron chi connectivity index (χ1n) is 7.24. The van der Waals surface area contributed by atoms with Gasteiger partial charge >= 0.3 is 0 Å². The van der Waals surface area contributed by atoms with E-state index in [9.17, 15) is 0 Å². The number of nitrogens with two attached hydrogens (primary N) is 1. The zero-order valence-electron chi connectivity index (χ0n) is 12.0. The van der Waals surface area contributed by atoms with Gasteiger partial charge in [0, 0.05) is 18.6 Å². The van der Waals surface area contributed by atoms with Crippen LogP contribution in [0.15, 0.2) is 12.1 Å². The Kier molecular flexibility index (Phi) is 3.53. The largest absolute Gasteiger partial charge is 0.489 e. The van der Waals surface area contributed by atoms with Crippen LogP contribution in [0, 0.1) is 5.92 Å². The molecular weight excluding hydrogens is 254 g/mol. The first-order valence-corrected chi connectivity index (χ1v) is 7.24. The number of rotatable bonds is 3. The molecule has 2 atom stereocenters. The lowest BCUT2D eigenvalue weighted by Gasteiger charge is -2.15. The van der Waals surface area contributed by atoms with Gasteiger partial charge < -0.3 is 20.2 Å². The van der Waals surface area contributed by atoms with Crippen LogP contribution in [0.3, 0.4) is 0 Å².